The van der Waals surface area contributed by atoms with Crippen LogP contribution in [0.2, 0.25) is 5.28 Å². The number of hydrogen-bond donors (Lipinski definition) is 2. The Bertz CT molecular complexity index is 430. The highest BCUT2D eigenvalue weighted by molar-refractivity contribution is 6.28. The number of nitrogens with one attached hydrogen (secondary N) is 1. The maximum absolute atomic E-state index is 10.4. The van der Waals surface area contributed by atoms with Crippen LogP contribution in [0.3, 0.4) is 0 Å². The molecule has 0 aliphatic heterocycles. The monoisotopic (exact) mass is 289 g/mol. The summed E-state index contributed by atoms with van der Waals surface area (Å²) in [4.78, 5) is 22.2. The predicted octanol–water partition coefficient (Wildman–Crippen LogP) is 0.226. The number of halogens is 1. The highest BCUT2D eigenvalue weighted by atomic mass is 35.5. The van der Waals surface area contributed by atoms with Gasteiger partial charge in [-0.1, -0.05) is 0 Å². The third kappa shape index (κ3) is 6.73. The number of aromatic nitrogens is 3. The van der Waals surface area contributed by atoms with Crippen LogP contribution in [0.5, 0.6) is 6.01 Å². The van der Waals surface area contributed by atoms with Crippen molar-refractivity contribution >= 4 is 23.5 Å². The zero-order chi connectivity index (χ0) is 14.3. The molecule has 0 aliphatic carbocycles. The molecule has 1 amide bonds. The van der Waals surface area contributed by atoms with Gasteiger partial charge in [0.1, 0.15) is 6.61 Å². The summed E-state index contributed by atoms with van der Waals surface area (Å²) in [6.45, 7) is 4.26. The molecule has 0 fully saturated rings. The molecule has 106 valence electrons. The lowest BCUT2D eigenvalue weighted by atomic mass is 10.5. The standard InChI is InChI=1S/C10H16ClN5O3/c1-6(2)19-10-15-8(11)14-9(16-10)13-3-4-18-5-7(12)17/h6H,3-5H2,1-2H3,(H2,12,17)(H,13,14,15,16). The van der Waals surface area contributed by atoms with E-state index in [1.165, 1.54) is 0 Å². The van der Waals surface area contributed by atoms with E-state index in [2.05, 4.69) is 20.3 Å². The summed E-state index contributed by atoms with van der Waals surface area (Å²) in [7, 11) is 0. The van der Waals surface area contributed by atoms with Crippen LogP contribution in [0, 0.1) is 0 Å². The van der Waals surface area contributed by atoms with Gasteiger partial charge in [0.25, 0.3) is 0 Å². The SMILES string of the molecule is CC(C)Oc1nc(Cl)nc(NCCOCC(N)=O)n1. The smallest absolute Gasteiger partial charge is 0.322 e. The van der Waals surface area contributed by atoms with Crippen LogP contribution in [-0.4, -0.2) is 46.7 Å². The third-order valence-corrected chi connectivity index (χ3v) is 1.87. The molecule has 0 aromatic carbocycles. The van der Waals surface area contributed by atoms with Crippen LogP contribution in [0.1, 0.15) is 13.8 Å². The highest BCUT2D eigenvalue weighted by Gasteiger charge is 2.07. The number of hydrogen-bond acceptors (Lipinski definition) is 7. The Kier molecular flexibility index (Phi) is 6.23. The molecule has 1 aromatic rings. The van der Waals surface area contributed by atoms with Gasteiger partial charge in [-0.15, -0.1) is 0 Å². The number of nitrogens with zero attached hydrogens (tertiary/aromatic N) is 3. The van der Waals surface area contributed by atoms with E-state index in [0.29, 0.717) is 6.54 Å². The van der Waals surface area contributed by atoms with Crippen molar-refractivity contribution in [2.45, 2.75) is 20.0 Å². The number of rotatable bonds is 8. The van der Waals surface area contributed by atoms with E-state index in [9.17, 15) is 4.79 Å². The van der Waals surface area contributed by atoms with Gasteiger partial charge in [0.15, 0.2) is 0 Å². The van der Waals surface area contributed by atoms with Gasteiger partial charge >= 0.3 is 6.01 Å². The van der Waals surface area contributed by atoms with Crippen LogP contribution in [0.4, 0.5) is 5.95 Å². The molecule has 1 rings (SSSR count). The van der Waals surface area contributed by atoms with Crippen molar-refractivity contribution in [1.29, 1.82) is 0 Å². The molecule has 0 radical (unpaired) electrons. The number of anilines is 1. The molecule has 0 unspecified atom stereocenters. The van der Waals surface area contributed by atoms with E-state index in [4.69, 9.17) is 26.8 Å². The lowest BCUT2D eigenvalue weighted by molar-refractivity contribution is -0.122. The lowest BCUT2D eigenvalue weighted by Gasteiger charge is -2.09. The Labute approximate surface area is 115 Å². The summed E-state index contributed by atoms with van der Waals surface area (Å²) in [5.74, 6) is -0.242. The largest absolute Gasteiger partial charge is 0.461 e. The first-order valence-corrected chi connectivity index (χ1v) is 6.03. The Hall–Kier alpha value is -1.67. The molecule has 0 atom stereocenters. The van der Waals surface area contributed by atoms with Gasteiger partial charge in [0.05, 0.1) is 12.7 Å². The summed E-state index contributed by atoms with van der Waals surface area (Å²) in [6, 6.07) is 0.149. The molecule has 19 heavy (non-hydrogen) atoms. The fraction of sp³-hybridized carbons (Fsp3) is 0.600. The van der Waals surface area contributed by atoms with Crippen LogP contribution in [-0.2, 0) is 9.53 Å². The zero-order valence-electron chi connectivity index (χ0n) is 10.7. The summed E-state index contributed by atoms with van der Waals surface area (Å²) in [5.41, 5.74) is 4.92. The first-order chi connectivity index (χ1) is 8.97. The predicted molar refractivity (Wildman–Crippen MR) is 69.1 cm³/mol. The van der Waals surface area contributed by atoms with Crippen molar-refractivity contribution in [2.75, 3.05) is 25.1 Å². The summed E-state index contributed by atoms with van der Waals surface area (Å²) >= 11 is 5.74. The minimum atomic E-state index is -0.518. The Morgan fingerprint density at radius 1 is 1.42 bits per heavy atom. The first kappa shape index (κ1) is 15.4. The zero-order valence-corrected chi connectivity index (χ0v) is 11.5. The average molecular weight is 290 g/mol. The highest BCUT2D eigenvalue weighted by Crippen LogP contribution is 2.12. The second-order valence-corrected chi connectivity index (χ2v) is 4.16. The number of carbonyl (C=O) groups is 1. The molecule has 0 saturated carbocycles. The van der Waals surface area contributed by atoms with E-state index in [0.717, 1.165) is 0 Å². The molecule has 9 heteroatoms. The van der Waals surface area contributed by atoms with Gasteiger partial charge in [-0.05, 0) is 25.4 Å². The fourth-order valence-corrected chi connectivity index (χ4v) is 1.23. The van der Waals surface area contributed by atoms with Crippen LogP contribution in [0.25, 0.3) is 0 Å². The molecule has 1 aromatic heterocycles. The molecule has 8 nitrogen and oxygen atoms in total. The number of amides is 1. The van der Waals surface area contributed by atoms with Crippen LogP contribution >= 0.6 is 11.6 Å². The van der Waals surface area contributed by atoms with Gasteiger partial charge in [-0.3, -0.25) is 4.79 Å². The van der Waals surface area contributed by atoms with Gasteiger partial charge in [-0.2, -0.15) is 15.0 Å². The third-order valence-electron chi connectivity index (χ3n) is 1.70. The van der Waals surface area contributed by atoms with Crippen LogP contribution < -0.4 is 15.8 Å². The maximum atomic E-state index is 10.4. The van der Waals surface area contributed by atoms with Crippen molar-refractivity contribution in [3.05, 3.63) is 5.28 Å². The molecule has 0 bridgehead atoms. The molecule has 0 aliphatic rings. The van der Waals surface area contributed by atoms with Crippen molar-refractivity contribution in [1.82, 2.24) is 15.0 Å². The second-order valence-electron chi connectivity index (χ2n) is 3.82. The minimum absolute atomic E-state index is 0.0335. The molecule has 0 spiro atoms. The van der Waals surface area contributed by atoms with E-state index in [-0.39, 0.29) is 36.6 Å². The lowest BCUT2D eigenvalue weighted by Crippen LogP contribution is -2.21. The van der Waals surface area contributed by atoms with Gasteiger partial charge in [0.2, 0.25) is 17.1 Å². The second kappa shape index (κ2) is 7.70. The average Bonchev–Trinajstić information content (AvgIpc) is 2.26. The van der Waals surface area contributed by atoms with E-state index in [1.54, 1.807) is 0 Å². The van der Waals surface area contributed by atoms with E-state index < -0.39 is 5.91 Å². The Morgan fingerprint density at radius 3 is 2.79 bits per heavy atom. The molecule has 3 N–H and O–H groups in total. The van der Waals surface area contributed by atoms with E-state index >= 15 is 0 Å². The number of carbonyl (C=O) groups excluding carboxylic acids is 1. The molecule has 0 saturated heterocycles. The Balaban J connectivity index is 2.44. The van der Waals surface area contributed by atoms with E-state index in [1.807, 2.05) is 13.8 Å². The summed E-state index contributed by atoms with van der Waals surface area (Å²) in [5, 5.41) is 2.90. The maximum Gasteiger partial charge on any atom is 0.322 e. The van der Waals surface area contributed by atoms with Gasteiger partial charge in [0, 0.05) is 6.54 Å². The summed E-state index contributed by atoms with van der Waals surface area (Å²) < 4.78 is 10.3. The Morgan fingerprint density at radius 2 is 2.16 bits per heavy atom. The fourth-order valence-electron chi connectivity index (χ4n) is 1.08. The van der Waals surface area contributed by atoms with Crippen molar-refractivity contribution < 1.29 is 14.3 Å². The minimum Gasteiger partial charge on any atom is -0.461 e. The molecular formula is C10H16ClN5O3. The molecular weight excluding hydrogens is 274 g/mol. The number of primary amides is 1. The summed E-state index contributed by atoms with van der Waals surface area (Å²) in [6.07, 6.45) is -0.0646. The quantitative estimate of drug-likeness (QED) is 0.659. The van der Waals surface area contributed by atoms with Crippen LogP contribution in [0.15, 0.2) is 0 Å². The number of nitrogens with two attached hydrogens (primary N) is 1. The first-order valence-electron chi connectivity index (χ1n) is 5.65. The van der Waals surface area contributed by atoms with Crippen molar-refractivity contribution in [3.8, 4) is 6.01 Å². The van der Waals surface area contributed by atoms with Gasteiger partial charge < -0.3 is 20.5 Å². The normalized spacial score (nSPS) is 10.5. The van der Waals surface area contributed by atoms with Crippen molar-refractivity contribution in [2.24, 2.45) is 5.73 Å². The number of ether oxygens (including phenoxy) is 2. The molecule has 1 heterocycles. The van der Waals surface area contributed by atoms with Crippen molar-refractivity contribution in [3.63, 3.8) is 0 Å². The topological polar surface area (TPSA) is 112 Å². The van der Waals surface area contributed by atoms with Gasteiger partial charge in [-0.25, -0.2) is 0 Å².